The van der Waals surface area contributed by atoms with Crippen molar-refractivity contribution in [3.63, 3.8) is 0 Å². The molecule has 1 aliphatic carbocycles. The highest BCUT2D eigenvalue weighted by atomic mass is 19.1. The predicted octanol–water partition coefficient (Wildman–Crippen LogP) is 12.5. The molecule has 0 spiro atoms. The van der Waals surface area contributed by atoms with Crippen LogP contribution in [0.3, 0.4) is 0 Å². The summed E-state index contributed by atoms with van der Waals surface area (Å²) >= 11 is 0. The number of rotatable bonds is 3. The largest absolute Gasteiger partial charge is 0.311 e. The summed E-state index contributed by atoms with van der Waals surface area (Å²) in [4.78, 5) is 0. The van der Waals surface area contributed by atoms with Crippen LogP contribution in [-0.4, -0.2) is 15.8 Å². The van der Waals surface area contributed by atoms with Crippen LogP contribution in [0.15, 0.2) is 146 Å². The van der Waals surface area contributed by atoms with E-state index >= 15 is 0 Å². The zero-order valence-electron chi connectivity index (χ0n) is 35.1. The van der Waals surface area contributed by atoms with Gasteiger partial charge in [0.1, 0.15) is 5.82 Å². The summed E-state index contributed by atoms with van der Waals surface area (Å²) in [6, 6.07) is 50.3. The SMILES string of the molecule is CC(C)(C)c1cc2c3c(c1)c1c(n3-c3cc(-c4ccc(F)cc4)cc4c3B2c2c3ccccc3cc3c(-c5ccccc5)c(-c5ccccc5)n-4c23)C=CC(C(C)(C)C)C1. The van der Waals surface area contributed by atoms with E-state index in [-0.39, 0.29) is 23.4 Å². The highest BCUT2D eigenvalue weighted by molar-refractivity contribution is 7.01. The predicted molar refractivity (Wildman–Crippen MR) is 253 cm³/mol. The minimum atomic E-state index is -0.229. The normalized spacial score (nSPS) is 15.2. The van der Waals surface area contributed by atoms with Gasteiger partial charge in [-0.15, -0.1) is 0 Å². The number of fused-ring (bicyclic) bond motifs is 9. The molecule has 0 saturated heterocycles. The van der Waals surface area contributed by atoms with Gasteiger partial charge in [0.2, 0.25) is 0 Å². The molecule has 4 heterocycles. The first kappa shape index (κ1) is 35.5. The summed E-state index contributed by atoms with van der Waals surface area (Å²) in [6.45, 7) is 14.2. The van der Waals surface area contributed by atoms with Gasteiger partial charge < -0.3 is 9.13 Å². The number of nitrogens with zero attached hydrogens (tertiary/aromatic N) is 2. The lowest BCUT2D eigenvalue weighted by atomic mass is 9.33. The van der Waals surface area contributed by atoms with Crippen LogP contribution in [0.5, 0.6) is 0 Å². The van der Waals surface area contributed by atoms with E-state index in [9.17, 15) is 4.39 Å². The maximum absolute atomic E-state index is 14.6. The molecule has 4 heteroatoms. The van der Waals surface area contributed by atoms with E-state index < -0.39 is 0 Å². The van der Waals surface area contributed by atoms with Crippen molar-refractivity contribution in [3.8, 4) is 44.9 Å². The van der Waals surface area contributed by atoms with E-state index in [1.54, 1.807) is 12.1 Å². The quantitative estimate of drug-likeness (QED) is 0.158. The third kappa shape index (κ3) is 4.94. The van der Waals surface area contributed by atoms with Crippen molar-refractivity contribution >= 4 is 61.8 Å². The number of benzene rings is 7. The van der Waals surface area contributed by atoms with Crippen LogP contribution in [0, 0.1) is 17.2 Å². The van der Waals surface area contributed by atoms with E-state index in [0.29, 0.717) is 5.92 Å². The molecule has 1 atom stereocenters. The lowest BCUT2D eigenvalue weighted by molar-refractivity contribution is 0.291. The molecule has 2 aromatic heterocycles. The molecule has 0 saturated carbocycles. The average Bonchev–Trinajstić information content (AvgIpc) is 3.77. The monoisotopic (exact) mass is 776 g/mol. The molecule has 9 aromatic rings. The lowest BCUT2D eigenvalue weighted by Gasteiger charge is -2.36. The summed E-state index contributed by atoms with van der Waals surface area (Å²) in [5, 5.41) is 5.17. The number of allylic oxidation sites excluding steroid dienone is 1. The molecule has 3 aliphatic rings. The van der Waals surface area contributed by atoms with Crippen molar-refractivity contribution in [1.29, 1.82) is 0 Å². The Bertz CT molecular complexity index is 3300. The first-order valence-corrected chi connectivity index (χ1v) is 21.5. The smallest absolute Gasteiger partial charge is 0.253 e. The third-order valence-corrected chi connectivity index (χ3v) is 13.9. The van der Waals surface area contributed by atoms with E-state index in [0.717, 1.165) is 17.5 Å². The molecule has 290 valence electrons. The van der Waals surface area contributed by atoms with E-state index in [2.05, 4.69) is 178 Å². The molecular weight excluding hydrogens is 730 g/mol. The summed E-state index contributed by atoms with van der Waals surface area (Å²) in [6.07, 6.45) is 5.89. The van der Waals surface area contributed by atoms with Crippen LogP contribution < -0.4 is 16.4 Å². The molecule has 0 bridgehead atoms. The zero-order chi connectivity index (χ0) is 40.8. The third-order valence-electron chi connectivity index (χ3n) is 13.9. The number of halogens is 1. The second-order valence-corrected chi connectivity index (χ2v) is 19.5. The van der Waals surface area contributed by atoms with Crippen molar-refractivity contribution in [2.45, 2.75) is 53.4 Å². The van der Waals surface area contributed by atoms with E-state index in [1.165, 1.54) is 99.5 Å². The van der Waals surface area contributed by atoms with Gasteiger partial charge in [0.05, 0.1) is 11.2 Å². The Morgan fingerprint density at radius 3 is 1.95 bits per heavy atom. The van der Waals surface area contributed by atoms with Crippen LogP contribution in [0.2, 0.25) is 0 Å². The first-order valence-electron chi connectivity index (χ1n) is 21.5. The van der Waals surface area contributed by atoms with Gasteiger partial charge in [-0.2, -0.15) is 0 Å². The van der Waals surface area contributed by atoms with Crippen LogP contribution in [0.4, 0.5) is 4.39 Å². The maximum Gasteiger partial charge on any atom is 0.253 e. The Hall–Kier alpha value is -6.39. The Morgan fingerprint density at radius 2 is 1.25 bits per heavy atom. The fraction of sp³-hybridized carbons (Fsp3) is 0.179. The summed E-state index contributed by atoms with van der Waals surface area (Å²) in [5.74, 6) is 0.190. The molecule has 1 unspecified atom stereocenters. The fourth-order valence-corrected chi connectivity index (χ4v) is 10.9. The number of hydrogen-bond donors (Lipinski definition) is 0. The standard InChI is InChI=1S/C56H46BFN2/c1-55(2,3)38-23-26-46-42(30-38)43-31-39(56(4,5)6)32-45-53(43)59(46)47-28-37(33-21-24-40(58)25-22-33)29-48-51(47)57(45)50-41-20-14-13-19-36(41)27-44-49(34-15-9-7-10-16-34)52(60(48)54(44)50)35-17-11-8-12-18-35/h7-29,31-32,38H,30H2,1-6H3. The van der Waals surface area contributed by atoms with Gasteiger partial charge in [-0.1, -0.05) is 151 Å². The van der Waals surface area contributed by atoms with Crippen LogP contribution >= 0.6 is 0 Å². The van der Waals surface area contributed by atoms with Gasteiger partial charge in [0.15, 0.2) is 0 Å². The molecule has 0 radical (unpaired) electrons. The van der Waals surface area contributed by atoms with Gasteiger partial charge >= 0.3 is 0 Å². The molecule has 0 N–H and O–H groups in total. The molecule has 60 heavy (non-hydrogen) atoms. The molecule has 0 amide bonds. The molecule has 0 fully saturated rings. The van der Waals surface area contributed by atoms with Crippen molar-refractivity contribution < 1.29 is 4.39 Å². The van der Waals surface area contributed by atoms with Crippen molar-refractivity contribution in [2.24, 2.45) is 11.3 Å². The Kier molecular flexibility index (Phi) is 7.31. The second-order valence-electron chi connectivity index (χ2n) is 19.5. The molecule has 2 nitrogen and oxygen atoms in total. The zero-order valence-corrected chi connectivity index (χ0v) is 35.1. The van der Waals surface area contributed by atoms with Gasteiger partial charge in [0.25, 0.3) is 6.71 Å². The summed E-state index contributed by atoms with van der Waals surface area (Å²) in [7, 11) is 0. The van der Waals surface area contributed by atoms with Gasteiger partial charge in [-0.05, 0) is 126 Å². The van der Waals surface area contributed by atoms with E-state index in [1.807, 2.05) is 12.1 Å². The van der Waals surface area contributed by atoms with Crippen molar-refractivity contribution in [2.75, 3.05) is 0 Å². The topological polar surface area (TPSA) is 9.86 Å². The Balaban J connectivity index is 1.33. The minimum Gasteiger partial charge on any atom is -0.311 e. The van der Waals surface area contributed by atoms with Crippen LogP contribution in [-0.2, 0) is 11.8 Å². The average molecular weight is 777 g/mol. The van der Waals surface area contributed by atoms with Gasteiger partial charge in [0, 0.05) is 38.9 Å². The van der Waals surface area contributed by atoms with Gasteiger partial charge in [-0.25, -0.2) is 4.39 Å². The maximum atomic E-state index is 14.6. The number of aromatic nitrogens is 2. The first-order chi connectivity index (χ1) is 29.0. The van der Waals surface area contributed by atoms with Gasteiger partial charge in [-0.3, -0.25) is 0 Å². The summed E-state index contributed by atoms with van der Waals surface area (Å²) < 4.78 is 19.8. The molecular formula is C56H46BFN2. The molecule has 12 rings (SSSR count). The highest BCUT2D eigenvalue weighted by Crippen LogP contribution is 2.48. The fourth-order valence-electron chi connectivity index (χ4n) is 10.9. The van der Waals surface area contributed by atoms with Crippen molar-refractivity contribution in [1.82, 2.24) is 9.13 Å². The molecule has 2 aliphatic heterocycles. The Morgan fingerprint density at radius 1 is 0.583 bits per heavy atom. The second kappa shape index (κ2) is 12.3. The van der Waals surface area contributed by atoms with Crippen LogP contribution in [0.25, 0.3) is 83.5 Å². The minimum absolute atomic E-state index is 0.0310. The highest BCUT2D eigenvalue weighted by Gasteiger charge is 2.45. The van der Waals surface area contributed by atoms with Crippen LogP contribution in [0.1, 0.15) is 58.4 Å². The molecule has 7 aromatic carbocycles. The lowest BCUT2D eigenvalue weighted by Crippen LogP contribution is -2.60. The number of hydrogen-bond acceptors (Lipinski definition) is 0. The van der Waals surface area contributed by atoms with E-state index in [4.69, 9.17) is 0 Å². The van der Waals surface area contributed by atoms with Crippen molar-refractivity contribution in [3.05, 3.63) is 168 Å². The Labute approximate surface area is 351 Å². The summed E-state index contributed by atoms with van der Waals surface area (Å²) in [5.41, 5.74) is 20.1.